The second-order valence-corrected chi connectivity index (χ2v) is 25.5. The van der Waals surface area contributed by atoms with E-state index in [1.54, 1.807) is 0 Å². The Morgan fingerprint density at radius 2 is 1.47 bits per heavy atom. The van der Waals surface area contributed by atoms with E-state index in [1.165, 1.54) is 0 Å². The van der Waals surface area contributed by atoms with Crippen LogP contribution in [0.2, 0.25) is 36.3 Å². The minimum Gasteiger partial charge on any atom is -0.454 e. The molecule has 1 heterocycles. The Bertz CT molecular complexity index is 916. The van der Waals surface area contributed by atoms with Crippen molar-refractivity contribution in [2.45, 2.75) is 122 Å². The maximum absolute atomic E-state index is 13.4. The van der Waals surface area contributed by atoms with Crippen LogP contribution in [0.3, 0.4) is 0 Å². The summed E-state index contributed by atoms with van der Waals surface area (Å²) in [4.78, 5) is 0. The summed E-state index contributed by atoms with van der Waals surface area (Å²) >= 11 is 0. The van der Waals surface area contributed by atoms with E-state index in [0.29, 0.717) is 13.0 Å². The molecule has 1 aliphatic rings. The fourth-order valence-electron chi connectivity index (χ4n) is 3.18. The Kier molecular flexibility index (Phi) is 9.78. The summed E-state index contributed by atoms with van der Waals surface area (Å²) in [6.45, 7) is 29.2. The summed E-state index contributed by atoms with van der Waals surface area (Å²) in [5, 5.41) is 0.123. The second-order valence-electron chi connectivity index (χ2n) is 14.0. The second kappa shape index (κ2) is 11.2. The molecular weight excluding hydrogens is 507 g/mol. The molecule has 1 aromatic rings. The van der Waals surface area contributed by atoms with Gasteiger partial charge in [-0.2, -0.15) is 0 Å². The molecule has 0 radical (unpaired) electrons. The Morgan fingerprint density at radius 1 is 0.917 bits per heavy atom. The summed E-state index contributed by atoms with van der Waals surface area (Å²) in [6.07, 6.45) is 0.384. The van der Waals surface area contributed by atoms with Gasteiger partial charge >= 0.3 is 0 Å². The summed E-state index contributed by atoms with van der Waals surface area (Å²) in [5.74, 6) is 1.51. The number of nitrogens with one attached hydrogen (secondary N) is 1. The minimum absolute atomic E-state index is 0.0364. The van der Waals surface area contributed by atoms with Gasteiger partial charge in [0.15, 0.2) is 28.1 Å². The van der Waals surface area contributed by atoms with Crippen LogP contribution in [0.25, 0.3) is 0 Å². The summed E-state index contributed by atoms with van der Waals surface area (Å²) < 4.78 is 41.3. The van der Waals surface area contributed by atoms with Gasteiger partial charge in [-0.05, 0) is 81.2 Å². The highest BCUT2D eigenvalue weighted by molar-refractivity contribution is 7.84. The third-order valence-corrected chi connectivity index (χ3v) is 18.5. The van der Waals surface area contributed by atoms with Crippen LogP contribution in [0.1, 0.15) is 67.9 Å². The van der Waals surface area contributed by atoms with Gasteiger partial charge in [-0.1, -0.05) is 47.6 Å². The molecule has 0 aliphatic carbocycles. The molecule has 2 rings (SSSR count). The highest BCUT2D eigenvalue weighted by Crippen LogP contribution is 2.40. The number of hydrogen-bond donors (Lipinski definition) is 1. The molecule has 3 atom stereocenters. The van der Waals surface area contributed by atoms with Crippen LogP contribution in [0.4, 0.5) is 0 Å². The average Bonchev–Trinajstić information content (AvgIpc) is 3.16. The molecule has 0 fully saturated rings. The normalized spacial score (nSPS) is 17.7. The van der Waals surface area contributed by atoms with Crippen molar-refractivity contribution >= 4 is 27.6 Å². The van der Waals surface area contributed by atoms with Gasteiger partial charge in [0.25, 0.3) is 0 Å². The first-order valence-corrected chi connectivity index (χ1v) is 20.0. The van der Waals surface area contributed by atoms with Crippen LogP contribution in [0, 0.1) is 0 Å². The first-order valence-electron chi connectivity index (χ1n) is 13.0. The number of hydrogen-bond acceptors (Lipinski definition) is 5. The molecule has 0 saturated carbocycles. The first-order chi connectivity index (χ1) is 16.1. The summed E-state index contributed by atoms with van der Waals surface area (Å²) in [5.41, 5.74) is 1.08. The van der Waals surface area contributed by atoms with Gasteiger partial charge in [-0.15, -0.1) is 0 Å². The molecule has 3 unspecified atom stereocenters. The molecule has 0 amide bonds. The van der Waals surface area contributed by atoms with E-state index >= 15 is 0 Å². The fourth-order valence-corrected chi connectivity index (χ4v) is 6.40. The van der Waals surface area contributed by atoms with Crippen molar-refractivity contribution in [3.8, 4) is 11.5 Å². The van der Waals surface area contributed by atoms with Gasteiger partial charge in [0.05, 0.1) is 34.5 Å². The van der Waals surface area contributed by atoms with Crippen molar-refractivity contribution in [1.82, 2.24) is 4.72 Å². The van der Waals surface area contributed by atoms with E-state index in [1.807, 2.05) is 32.9 Å². The fraction of sp³-hybridized carbons (Fsp3) is 0.778. The average molecular weight is 558 g/mol. The third kappa shape index (κ3) is 8.14. The monoisotopic (exact) mass is 557 g/mol. The summed E-state index contributed by atoms with van der Waals surface area (Å²) in [6, 6.07) is 5.82. The molecule has 1 aliphatic heterocycles. The lowest BCUT2D eigenvalue weighted by atomic mass is 10.0. The van der Waals surface area contributed by atoms with Crippen molar-refractivity contribution < 1.29 is 22.5 Å². The Balaban J connectivity index is 2.45. The first kappa shape index (κ1) is 31.5. The zero-order valence-corrected chi connectivity index (χ0v) is 27.8. The smallest absolute Gasteiger partial charge is 0.231 e. The van der Waals surface area contributed by atoms with Crippen LogP contribution in [-0.2, 0) is 26.3 Å². The molecule has 208 valence electrons. The molecule has 0 saturated heterocycles. The van der Waals surface area contributed by atoms with Gasteiger partial charge < -0.3 is 18.3 Å². The lowest BCUT2D eigenvalue weighted by molar-refractivity contribution is 0.0823. The van der Waals surface area contributed by atoms with Gasteiger partial charge in [0.2, 0.25) is 6.79 Å². The van der Waals surface area contributed by atoms with Crippen LogP contribution in [-0.4, -0.2) is 51.1 Å². The quantitative estimate of drug-likeness (QED) is 0.321. The number of rotatable bonds is 10. The molecule has 1 N–H and O–H groups in total. The van der Waals surface area contributed by atoms with Crippen molar-refractivity contribution in [1.29, 1.82) is 0 Å². The Labute approximate surface area is 225 Å². The van der Waals surface area contributed by atoms with Gasteiger partial charge in [-0.3, -0.25) is 0 Å². The maximum Gasteiger partial charge on any atom is 0.231 e. The van der Waals surface area contributed by atoms with Crippen LogP contribution >= 0.6 is 0 Å². The van der Waals surface area contributed by atoms with Gasteiger partial charge in [0.1, 0.15) is 0 Å². The maximum atomic E-state index is 13.4. The number of benzene rings is 1. The molecular formula is C27H51NO5SSi2. The van der Waals surface area contributed by atoms with E-state index in [4.69, 9.17) is 18.3 Å². The molecule has 1 aromatic carbocycles. The summed E-state index contributed by atoms with van der Waals surface area (Å²) in [7, 11) is -5.44. The Morgan fingerprint density at radius 3 is 2.00 bits per heavy atom. The lowest BCUT2D eigenvalue weighted by Gasteiger charge is -2.44. The van der Waals surface area contributed by atoms with Crippen molar-refractivity contribution in [3.05, 3.63) is 23.8 Å². The standard InChI is InChI=1S/C27H51NO5SSi2/c1-25(2,3)34(29)28-21(16-20-14-15-22-23(17-20)31-19-30-22)24(33-36(12,13)27(7,8)9)18-32-35(10,11)26(4,5)6/h14-15,17,21,24,28H,16,18-19H2,1-13H3. The van der Waals surface area contributed by atoms with Gasteiger partial charge in [-0.25, -0.2) is 8.93 Å². The van der Waals surface area contributed by atoms with Gasteiger partial charge in [0, 0.05) is 0 Å². The van der Waals surface area contributed by atoms with Crippen LogP contribution < -0.4 is 14.2 Å². The lowest BCUT2D eigenvalue weighted by Crippen LogP contribution is -2.56. The SMILES string of the molecule is CC(C)(C)S(=O)NC(Cc1ccc2c(c1)OCO2)C(CO[Si](C)(C)C(C)(C)C)O[Si](C)(C)C(C)(C)C. The van der Waals surface area contributed by atoms with Crippen molar-refractivity contribution in [2.75, 3.05) is 13.4 Å². The Hall–Kier alpha value is -0.716. The third-order valence-electron chi connectivity index (χ3n) is 7.82. The topological polar surface area (TPSA) is 66.0 Å². The minimum atomic E-state index is -2.15. The predicted octanol–water partition coefficient (Wildman–Crippen LogP) is 6.79. The highest BCUT2D eigenvalue weighted by Gasteiger charge is 2.43. The largest absolute Gasteiger partial charge is 0.454 e. The molecule has 6 nitrogen and oxygen atoms in total. The highest BCUT2D eigenvalue weighted by atomic mass is 32.2. The molecule has 36 heavy (non-hydrogen) atoms. The van der Waals surface area contributed by atoms with E-state index in [9.17, 15) is 4.21 Å². The number of ether oxygens (including phenoxy) is 2. The molecule has 0 aromatic heterocycles. The van der Waals surface area contributed by atoms with Crippen molar-refractivity contribution in [3.63, 3.8) is 0 Å². The molecule has 9 heteroatoms. The van der Waals surface area contributed by atoms with E-state index in [0.717, 1.165) is 17.1 Å². The van der Waals surface area contributed by atoms with Crippen LogP contribution in [0.15, 0.2) is 18.2 Å². The molecule has 0 bridgehead atoms. The van der Waals surface area contributed by atoms with Crippen LogP contribution in [0.5, 0.6) is 11.5 Å². The van der Waals surface area contributed by atoms with E-state index < -0.39 is 32.4 Å². The zero-order chi connectivity index (χ0) is 27.7. The van der Waals surface area contributed by atoms with E-state index in [-0.39, 0.29) is 29.0 Å². The zero-order valence-electron chi connectivity index (χ0n) is 25.0. The van der Waals surface area contributed by atoms with Crippen molar-refractivity contribution in [2.24, 2.45) is 0 Å². The predicted molar refractivity (Wildman–Crippen MR) is 156 cm³/mol. The van der Waals surface area contributed by atoms with E-state index in [2.05, 4.69) is 78.5 Å². The molecule has 0 spiro atoms. The number of fused-ring (bicyclic) bond motifs is 1.